The molecule has 3 rings (SSSR count). The lowest BCUT2D eigenvalue weighted by Crippen LogP contribution is -2.57. The van der Waals surface area contributed by atoms with Gasteiger partial charge in [0.05, 0.1) is 31.6 Å². The molecule has 166 valence electrons. The van der Waals surface area contributed by atoms with Crippen molar-refractivity contribution >= 4 is 11.8 Å². The summed E-state index contributed by atoms with van der Waals surface area (Å²) < 4.78 is 12.8. The smallest absolute Gasteiger partial charge is 0.132 e. The van der Waals surface area contributed by atoms with E-state index in [9.17, 15) is 20.4 Å². The Morgan fingerprint density at radius 3 is 2.73 bits per heavy atom. The fraction of sp³-hybridized carbons (Fsp3) is 0.632. The minimum atomic E-state index is -1.33. The highest BCUT2D eigenvalue weighted by Crippen LogP contribution is 2.28. The van der Waals surface area contributed by atoms with E-state index < -0.39 is 36.5 Å². The van der Waals surface area contributed by atoms with Crippen molar-refractivity contribution < 1.29 is 29.9 Å². The first-order valence-electron chi connectivity index (χ1n) is 9.87. The van der Waals surface area contributed by atoms with Gasteiger partial charge in [-0.15, -0.1) is 16.9 Å². The number of hydrogen-bond acceptors (Lipinski definition) is 10. The first kappa shape index (κ1) is 23.1. The number of aliphatic hydroxyl groups excluding tert-OH is 4. The van der Waals surface area contributed by atoms with Crippen LogP contribution in [0.25, 0.3) is 0 Å². The van der Waals surface area contributed by atoms with Crippen LogP contribution in [0.1, 0.15) is 24.2 Å². The second-order valence-electron chi connectivity index (χ2n) is 7.06. The van der Waals surface area contributed by atoms with Crippen molar-refractivity contribution in [2.24, 2.45) is 0 Å². The van der Waals surface area contributed by atoms with Gasteiger partial charge in [0.1, 0.15) is 35.5 Å². The Balaban J connectivity index is 1.28. The van der Waals surface area contributed by atoms with E-state index in [-0.39, 0.29) is 0 Å². The molecule has 2 aromatic rings. The maximum Gasteiger partial charge on any atom is 0.132 e. The van der Waals surface area contributed by atoms with Crippen LogP contribution in [0.15, 0.2) is 30.6 Å². The monoisotopic (exact) mass is 440 g/mol. The Kier molecular flexibility index (Phi) is 9.00. The highest BCUT2D eigenvalue weighted by atomic mass is 32.2. The van der Waals surface area contributed by atoms with E-state index >= 15 is 0 Å². The first-order valence-corrected chi connectivity index (χ1v) is 10.9. The normalized spacial score (nSPS) is 26.7. The van der Waals surface area contributed by atoms with Gasteiger partial charge in [-0.3, -0.25) is 4.98 Å². The summed E-state index contributed by atoms with van der Waals surface area (Å²) in [7, 11) is 0. The number of rotatable bonds is 11. The Bertz CT molecular complexity index is 750. The van der Waals surface area contributed by atoms with Crippen molar-refractivity contribution in [3.05, 3.63) is 42.0 Å². The fourth-order valence-corrected chi connectivity index (χ4v) is 4.21. The van der Waals surface area contributed by atoms with Crippen LogP contribution < -0.4 is 0 Å². The van der Waals surface area contributed by atoms with Gasteiger partial charge in [-0.05, 0) is 30.7 Å². The van der Waals surface area contributed by atoms with Gasteiger partial charge in [0.25, 0.3) is 0 Å². The van der Waals surface area contributed by atoms with Gasteiger partial charge in [-0.2, -0.15) is 0 Å². The first-order chi connectivity index (χ1) is 14.6. The van der Waals surface area contributed by atoms with Crippen LogP contribution in [0.2, 0.25) is 0 Å². The van der Waals surface area contributed by atoms with E-state index in [0.29, 0.717) is 25.5 Å². The van der Waals surface area contributed by atoms with Gasteiger partial charge < -0.3 is 29.9 Å². The Labute approximate surface area is 178 Å². The molecule has 0 amide bonds. The molecule has 1 aliphatic rings. The standard InChI is InChI=1S/C19H28N4O6S/c24-11-15-16(25)17(26)18(27)19(29-15)30-8-4-3-7-28-12-14-10-23(22-21-14)9-13-5-1-2-6-20-13/h1-2,5-6,10,15-19,24-27H,3-4,7-9,11-12H2. The summed E-state index contributed by atoms with van der Waals surface area (Å²) in [6.45, 7) is 1.08. The fourth-order valence-electron chi connectivity index (χ4n) is 3.03. The van der Waals surface area contributed by atoms with Gasteiger partial charge in [0, 0.05) is 12.8 Å². The molecule has 3 heterocycles. The average Bonchev–Trinajstić information content (AvgIpc) is 3.20. The zero-order valence-electron chi connectivity index (χ0n) is 16.5. The van der Waals surface area contributed by atoms with Crippen molar-refractivity contribution in [1.29, 1.82) is 0 Å². The molecule has 5 atom stereocenters. The lowest BCUT2D eigenvalue weighted by Gasteiger charge is -2.39. The maximum atomic E-state index is 10.0. The highest BCUT2D eigenvalue weighted by Gasteiger charge is 2.43. The van der Waals surface area contributed by atoms with Crippen LogP contribution in [0, 0.1) is 0 Å². The Morgan fingerprint density at radius 2 is 1.97 bits per heavy atom. The minimum Gasteiger partial charge on any atom is -0.394 e. The number of nitrogens with zero attached hydrogens (tertiary/aromatic N) is 4. The number of pyridine rings is 1. The van der Waals surface area contributed by atoms with E-state index in [1.165, 1.54) is 11.8 Å². The topological polar surface area (TPSA) is 143 Å². The van der Waals surface area contributed by atoms with E-state index in [1.807, 2.05) is 24.4 Å². The molecule has 1 saturated heterocycles. The van der Waals surface area contributed by atoms with Crippen molar-refractivity contribution in [1.82, 2.24) is 20.0 Å². The number of ether oxygens (including phenoxy) is 2. The van der Waals surface area contributed by atoms with E-state index in [4.69, 9.17) is 9.47 Å². The van der Waals surface area contributed by atoms with Crippen LogP contribution in [0.4, 0.5) is 0 Å². The SMILES string of the molecule is OCC1OC(SCCCCOCc2cn(Cc3ccccn3)nn2)C(O)C(O)C1O. The largest absolute Gasteiger partial charge is 0.394 e. The lowest BCUT2D eigenvalue weighted by molar-refractivity contribution is -0.205. The molecule has 0 aromatic carbocycles. The van der Waals surface area contributed by atoms with Crippen molar-refractivity contribution in [3.63, 3.8) is 0 Å². The second kappa shape index (κ2) is 11.7. The van der Waals surface area contributed by atoms with Gasteiger partial charge in [-0.25, -0.2) is 4.68 Å². The zero-order chi connectivity index (χ0) is 21.3. The number of hydrogen-bond donors (Lipinski definition) is 4. The van der Waals surface area contributed by atoms with Crippen molar-refractivity contribution in [2.75, 3.05) is 19.0 Å². The third-order valence-electron chi connectivity index (χ3n) is 4.70. The number of unbranched alkanes of at least 4 members (excludes halogenated alkanes) is 1. The zero-order valence-corrected chi connectivity index (χ0v) is 17.3. The lowest BCUT2D eigenvalue weighted by atomic mass is 10.0. The molecule has 1 fully saturated rings. The van der Waals surface area contributed by atoms with Crippen molar-refractivity contribution in [2.45, 2.75) is 55.8 Å². The highest BCUT2D eigenvalue weighted by molar-refractivity contribution is 7.99. The van der Waals surface area contributed by atoms with E-state index in [2.05, 4.69) is 15.3 Å². The molecule has 0 bridgehead atoms. The van der Waals surface area contributed by atoms with Gasteiger partial charge >= 0.3 is 0 Å². The summed E-state index contributed by atoms with van der Waals surface area (Å²) in [5, 5.41) is 46.9. The molecule has 2 aromatic heterocycles. The number of aromatic nitrogens is 4. The molecule has 1 aliphatic heterocycles. The van der Waals surface area contributed by atoms with Crippen LogP contribution in [0.3, 0.4) is 0 Å². The van der Waals surface area contributed by atoms with Gasteiger partial charge in [0.2, 0.25) is 0 Å². The van der Waals surface area contributed by atoms with E-state index in [0.717, 1.165) is 24.2 Å². The van der Waals surface area contributed by atoms with Gasteiger partial charge in [0.15, 0.2) is 0 Å². The predicted octanol–water partition coefficient (Wildman–Crippen LogP) is -0.449. The molecule has 5 unspecified atom stereocenters. The molecule has 0 spiro atoms. The predicted molar refractivity (Wildman–Crippen MR) is 108 cm³/mol. The molecule has 30 heavy (non-hydrogen) atoms. The maximum absolute atomic E-state index is 10.0. The molecule has 10 nitrogen and oxygen atoms in total. The summed E-state index contributed by atoms with van der Waals surface area (Å²) in [6, 6.07) is 5.73. The Hall–Kier alpha value is -1.60. The van der Waals surface area contributed by atoms with Crippen LogP contribution in [0.5, 0.6) is 0 Å². The molecule has 4 N–H and O–H groups in total. The van der Waals surface area contributed by atoms with Crippen LogP contribution in [-0.2, 0) is 22.6 Å². The molecular weight excluding hydrogens is 412 g/mol. The summed E-state index contributed by atoms with van der Waals surface area (Å²) in [5.74, 6) is 0.687. The summed E-state index contributed by atoms with van der Waals surface area (Å²) >= 11 is 1.35. The molecule has 0 saturated carbocycles. The number of aliphatic hydroxyl groups is 4. The summed E-state index contributed by atoms with van der Waals surface area (Å²) in [5.41, 5.74) is 0.976. The summed E-state index contributed by atoms with van der Waals surface area (Å²) in [6.07, 6.45) is 0.502. The molecule has 11 heteroatoms. The Morgan fingerprint density at radius 1 is 1.10 bits per heavy atom. The third-order valence-corrected chi connectivity index (χ3v) is 5.94. The minimum absolute atomic E-state index is 0.377. The quantitative estimate of drug-likeness (QED) is 0.339. The molecule has 0 radical (unpaired) electrons. The average molecular weight is 441 g/mol. The molecular formula is C19H28N4O6S. The molecule has 0 aliphatic carbocycles. The second-order valence-corrected chi connectivity index (χ2v) is 8.26. The van der Waals surface area contributed by atoms with E-state index in [1.54, 1.807) is 10.9 Å². The van der Waals surface area contributed by atoms with Crippen molar-refractivity contribution in [3.8, 4) is 0 Å². The third kappa shape index (κ3) is 6.45. The van der Waals surface area contributed by atoms with Crippen LogP contribution >= 0.6 is 11.8 Å². The van der Waals surface area contributed by atoms with Crippen LogP contribution in [-0.4, -0.2) is 89.2 Å². The van der Waals surface area contributed by atoms with Gasteiger partial charge in [-0.1, -0.05) is 11.3 Å². The number of thioether (sulfide) groups is 1. The summed E-state index contributed by atoms with van der Waals surface area (Å²) in [4.78, 5) is 4.26.